The Kier molecular flexibility index (Phi) is 5.63. The number of ether oxygens (including phenoxy) is 3. The summed E-state index contributed by atoms with van der Waals surface area (Å²) < 4.78 is 17.8. The van der Waals surface area contributed by atoms with Crippen LogP contribution < -0.4 is 14.8 Å². The van der Waals surface area contributed by atoms with Crippen LogP contribution >= 0.6 is 0 Å². The van der Waals surface area contributed by atoms with Crippen molar-refractivity contribution in [1.82, 2.24) is 14.8 Å². The Labute approximate surface area is 158 Å². The predicted molar refractivity (Wildman–Crippen MR) is 99.9 cm³/mol. The molecule has 2 aromatic rings. The van der Waals surface area contributed by atoms with E-state index in [9.17, 15) is 4.79 Å². The van der Waals surface area contributed by atoms with Crippen molar-refractivity contribution in [2.24, 2.45) is 0 Å². The second kappa shape index (κ2) is 8.11. The van der Waals surface area contributed by atoms with Crippen LogP contribution in [0.5, 0.6) is 11.5 Å². The molecule has 0 amide bonds. The number of hydrogen-bond acceptors (Lipinski definition) is 7. The molecule has 1 aromatic carbocycles. The Bertz CT molecular complexity index is 859. The van der Waals surface area contributed by atoms with E-state index in [4.69, 9.17) is 14.2 Å². The molecule has 2 heterocycles. The number of allylic oxidation sites excluding steroid dienone is 1. The number of esters is 1. The van der Waals surface area contributed by atoms with E-state index in [1.807, 2.05) is 18.2 Å². The third kappa shape index (κ3) is 3.47. The number of nitrogens with zero attached hydrogens (tertiary/aromatic N) is 3. The summed E-state index contributed by atoms with van der Waals surface area (Å²) in [7, 11) is 3.16. The molecule has 3 rings (SSSR count). The van der Waals surface area contributed by atoms with Gasteiger partial charge in [0, 0.05) is 5.70 Å². The van der Waals surface area contributed by atoms with Crippen LogP contribution in [0.3, 0.4) is 0 Å². The van der Waals surface area contributed by atoms with Gasteiger partial charge in [0.15, 0.2) is 11.5 Å². The maximum absolute atomic E-state index is 12.8. The molecule has 0 bridgehead atoms. The van der Waals surface area contributed by atoms with Crippen molar-refractivity contribution < 1.29 is 19.0 Å². The maximum atomic E-state index is 12.8. The molecule has 0 aliphatic carbocycles. The van der Waals surface area contributed by atoms with Crippen molar-refractivity contribution in [3.8, 4) is 11.5 Å². The minimum Gasteiger partial charge on any atom is -0.493 e. The normalized spacial score (nSPS) is 15.8. The maximum Gasteiger partial charge on any atom is 0.338 e. The molecule has 27 heavy (non-hydrogen) atoms. The molecule has 1 aromatic heterocycles. The van der Waals surface area contributed by atoms with Gasteiger partial charge in [0.25, 0.3) is 0 Å². The summed E-state index contributed by atoms with van der Waals surface area (Å²) in [6, 6.07) is 5.09. The molecule has 8 nitrogen and oxygen atoms in total. The van der Waals surface area contributed by atoms with Crippen LogP contribution in [0, 0.1) is 0 Å². The number of methoxy groups -OCH3 is 2. The lowest BCUT2D eigenvalue weighted by Gasteiger charge is -2.29. The molecule has 0 saturated carbocycles. The second-order valence-electron chi connectivity index (χ2n) is 6.03. The zero-order chi connectivity index (χ0) is 19.4. The van der Waals surface area contributed by atoms with Gasteiger partial charge in [-0.05, 0) is 31.0 Å². The SMILES string of the molecule is CCCC1=C(C(=O)OCC)[C@@H](c2ccc(OC)c(OC)c2)n2ncnc2N1. The Morgan fingerprint density at radius 3 is 2.67 bits per heavy atom. The third-order valence-corrected chi connectivity index (χ3v) is 4.40. The highest BCUT2D eigenvalue weighted by Gasteiger charge is 2.35. The first-order valence-corrected chi connectivity index (χ1v) is 8.93. The molecule has 0 unspecified atom stereocenters. The lowest BCUT2D eigenvalue weighted by atomic mass is 9.93. The van der Waals surface area contributed by atoms with E-state index in [-0.39, 0.29) is 5.97 Å². The number of aromatic nitrogens is 3. The largest absolute Gasteiger partial charge is 0.493 e. The van der Waals surface area contributed by atoms with Crippen molar-refractivity contribution in [3.05, 3.63) is 41.4 Å². The Morgan fingerprint density at radius 1 is 1.22 bits per heavy atom. The van der Waals surface area contributed by atoms with Gasteiger partial charge in [-0.1, -0.05) is 19.4 Å². The van der Waals surface area contributed by atoms with Gasteiger partial charge in [0.1, 0.15) is 12.4 Å². The predicted octanol–water partition coefficient (Wildman–Crippen LogP) is 2.93. The number of hydrogen-bond donors (Lipinski definition) is 1. The fourth-order valence-corrected chi connectivity index (χ4v) is 3.24. The average molecular weight is 372 g/mol. The summed E-state index contributed by atoms with van der Waals surface area (Å²) in [5.41, 5.74) is 2.16. The monoisotopic (exact) mass is 372 g/mol. The molecule has 1 atom stereocenters. The van der Waals surface area contributed by atoms with Gasteiger partial charge in [-0.2, -0.15) is 10.1 Å². The minimum atomic E-state index is -0.468. The summed E-state index contributed by atoms with van der Waals surface area (Å²) in [5, 5.41) is 7.56. The molecule has 1 N–H and O–H groups in total. The van der Waals surface area contributed by atoms with Gasteiger partial charge in [-0.3, -0.25) is 0 Å². The number of carbonyl (C=O) groups excluding carboxylic acids is 1. The fraction of sp³-hybridized carbons (Fsp3) is 0.421. The first-order chi connectivity index (χ1) is 13.1. The van der Waals surface area contributed by atoms with Crippen molar-refractivity contribution in [2.75, 3.05) is 26.1 Å². The highest BCUT2D eigenvalue weighted by atomic mass is 16.5. The van der Waals surface area contributed by atoms with Gasteiger partial charge < -0.3 is 19.5 Å². The van der Waals surface area contributed by atoms with Crippen molar-refractivity contribution >= 4 is 11.9 Å². The number of benzene rings is 1. The molecule has 0 spiro atoms. The molecule has 8 heteroatoms. The molecule has 0 fully saturated rings. The Hall–Kier alpha value is -3.03. The van der Waals surface area contributed by atoms with Crippen LogP contribution in [0.25, 0.3) is 0 Å². The molecule has 144 valence electrons. The smallest absolute Gasteiger partial charge is 0.338 e. The lowest BCUT2D eigenvalue weighted by molar-refractivity contribution is -0.139. The topological polar surface area (TPSA) is 87.5 Å². The molecular weight excluding hydrogens is 348 g/mol. The van der Waals surface area contributed by atoms with Gasteiger partial charge in [-0.15, -0.1) is 0 Å². The van der Waals surface area contributed by atoms with Crippen molar-refractivity contribution in [3.63, 3.8) is 0 Å². The average Bonchev–Trinajstić information content (AvgIpc) is 3.15. The number of rotatable bonds is 7. The minimum absolute atomic E-state index is 0.296. The van der Waals surface area contributed by atoms with Gasteiger partial charge in [0.2, 0.25) is 5.95 Å². The van der Waals surface area contributed by atoms with Gasteiger partial charge in [0.05, 0.1) is 26.4 Å². The fourth-order valence-electron chi connectivity index (χ4n) is 3.24. The Morgan fingerprint density at radius 2 is 2.00 bits per heavy atom. The van der Waals surface area contributed by atoms with Crippen molar-refractivity contribution in [2.45, 2.75) is 32.7 Å². The van der Waals surface area contributed by atoms with Gasteiger partial charge >= 0.3 is 5.97 Å². The number of carbonyl (C=O) groups is 1. The van der Waals surface area contributed by atoms with Crippen LogP contribution in [-0.4, -0.2) is 41.6 Å². The highest BCUT2D eigenvalue weighted by Crippen LogP contribution is 2.39. The van der Waals surface area contributed by atoms with E-state index in [2.05, 4.69) is 22.3 Å². The van der Waals surface area contributed by atoms with E-state index >= 15 is 0 Å². The van der Waals surface area contributed by atoms with E-state index in [1.165, 1.54) is 6.33 Å². The van der Waals surface area contributed by atoms with Crippen LogP contribution in [0.1, 0.15) is 38.3 Å². The van der Waals surface area contributed by atoms with E-state index < -0.39 is 6.04 Å². The number of anilines is 1. The number of nitrogens with one attached hydrogen (secondary N) is 1. The third-order valence-electron chi connectivity index (χ3n) is 4.40. The first kappa shape index (κ1) is 18.8. The van der Waals surface area contributed by atoms with E-state index in [1.54, 1.807) is 25.8 Å². The first-order valence-electron chi connectivity index (χ1n) is 8.93. The van der Waals surface area contributed by atoms with Crippen LogP contribution in [0.15, 0.2) is 35.8 Å². The zero-order valence-electron chi connectivity index (χ0n) is 16.0. The molecule has 0 saturated heterocycles. The van der Waals surface area contributed by atoms with Crippen LogP contribution in [0.4, 0.5) is 5.95 Å². The Balaban J connectivity index is 2.18. The summed E-state index contributed by atoms with van der Waals surface area (Å²) in [4.78, 5) is 17.1. The van der Waals surface area contributed by atoms with E-state index in [0.29, 0.717) is 36.0 Å². The van der Waals surface area contributed by atoms with Crippen molar-refractivity contribution in [1.29, 1.82) is 0 Å². The quantitative estimate of drug-likeness (QED) is 0.748. The molecule has 1 aliphatic rings. The summed E-state index contributed by atoms with van der Waals surface area (Å²) in [6.45, 7) is 4.15. The second-order valence-corrected chi connectivity index (χ2v) is 6.03. The summed E-state index contributed by atoms with van der Waals surface area (Å²) in [6.07, 6.45) is 3.04. The highest BCUT2D eigenvalue weighted by molar-refractivity contribution is 5.92. The zero-order valence-corrected chi connectivity index (χ0v) is 16.0. The molecule has 0 radical (unpaired) electrons. The number of fused-ring (bicyclic) bond motifs is 1. The van der Waals surface area contributed by atoms with Crippen LogP contribution in [-0.2, 0) is 9.53 Å². The van der Waals surface area contributed by atoms with Gasteiger partial charge in [-0.25, -0.2) is 9.48 Å². The molecule has 1 aliphatic heterocycles. The van der Waals surface area contributed by atoms with E-state index in [0.717, 1.165) is 17.7 Å². The lowest BCUT2D eigenvalue weighted by Crippen LogP contribution is -2.30. The van der Waals surface area contributed by atoms with Crippen LogP contribution in [0.2, 0.25) is 0 Å². The molecular formula is C19H24N4O4. The summed E-state index contributed by atoms with van der Waals surface area (Å²) >= 11 is 0. The summed E-state index contributed by atoms with van der Waals surface area (Å²) in [5.74, 6) is 1.42. The standard InChI is InChI=1S/C19H24N4O4/c1-5-7-13-16(18(24)27-6-2)17(23-19(22-13)20-11-21-23)12-8-9-14(25-3)15(10-12)26-4/h8-11,17H,5-7H2,1-4H3,(H,20,21,22)/t17-/m1/s1.